The van der Waals surface area contributed by atoms with Crippen molar-refractivity contribution in [3.05, 3.63) is 65.2 Å². The highest BCUT2D eigenvalue weighted by atomic mass is 32.2. The molecule has 0 aliphatic rings. The molecule has 3 rings (SSSR count). The van der Waals surface area contributed by atoms with E-state index in [1.54, 1.807) is 0 Å². The maximum atomic E-state index is 11.8. The first-order chi connectivity index (χ1) is 12.0. The van der Waals surface area contributed by atoms with E-state index in [0.717, 1.165) is 11.3 Å². The van der Waals surface area contributed by atoms with Crippen molar-refractivity contribution in [1.29, 1.82) is 0 Å². The van der Waals surface area contributed by atoms with Gasteiger partial charge in [-0.15, -0.1) is 10.2 Å². The van der Waals surface area contributed by atoms with Gasteiger partial charge in [0.1, 0.15) is 5.25 Å². The van der Waals surface area contributed by atoms with Crippen molar-refractivity contribution >= 4 is 39.8 Å². The van der Waals surface area contributed by atoms with Gasteiger partial charge in [0.2, 0.25) is 11.0 Å². The molecule has 1 unspecified atom stereocenters. The van der Waals surface area contributed by atoms with Gasteiger partial charge in [0.05, 0.1) is 0 Å². The van der Waals surface area contributed by atoms with E-state index in [2.05, 4.69) is 35.4 Å². The monoisotopic (exact) mass is 370 g/mol. The van der Waals surface area contributed by atoms with Crippen LogP contribution in [-0.4, -0.2) is 16.1 Å². The number of nitrogens with zero attached hydrogens (tertiary/aromatic N) is 2. The molecule has 0 spiro atoms. The summed E-state index contributed by atoms with van der Waals surface area (Å²) in [4.78, 5) is 11.8. The fraction of sp³-hybridized carbons (Fsp3) is 0.167. The Hall–Kier alpha value is -2.38. The van der Waals surface area contributed by atoms with Crippen LogP contribution >= 0.6 is 23.1 Å². The Labute approximate surface area is 154 Å². The second-order valence-corrected chi connectivity index (χ2v) is 7.89. The standard InChI is InChI=1S/C18H18N4OS2/c1-11-7-6-10-14(12(11)2)20-17-21-22-18(25-17)24-15(16(19)23)13-8-4-3-5-9-13/h3-10,15H,1-2H3,(H2,19,23)(H,20,21). The maximum Gasteiger partial charge on any atom is 0.235 e. The van der Waals surface area contributed by atoms with E-state index in [0.29, 0.717) is 9.47 Å². The summed E-state index contributed by atoms with van der Waals surface area (Å²) < 4.78 is 0.695. The number of nitrogens with one attached hydrogen (secondary N) is 1. The van der Waals surface area contributed by atoms with Gasteiger partial charge in [-0.3, -0.25) is 4.79 Å². The Morgan fingerprint density at radius 2 is 1.88 bits per heavy atom. The summed E-state index contributed by atoms with van der Waals surface area (Å²) >= 11 is 2.72. The number of nitrogens with two attached hydrogens (primary N) is 1. The van der Waals surface area contributed by atoms with Crippen LogP contribution < -0.4 is 11.1 Å². The van der Waals surface area contributed by atoms with Crippen LogP contribution in [0.15, 0.2) is 52.9 Å². The molecule has 25 heavy (non-hydrogen) atoms. The lowest BCUT2D eigenvalue weighted by Gasteiger charge is -2.11. The van der Waals surface area contributed by atoms with E-state index in [4.69, 9.17) is 5.73 Å². The molecule has 2 aromatic carbocycles. The van der Waals surface area contributed by atoms with Gasteiger partial charge in [0.25, 0.3) is 0 Å². The molecular formula is C18H18N4OS2. The smallest absolute Gasteiger partial charge is 0.235 e. The molecule has 1 amide bonds. The van der Waals surface area contributed by atoms with Crippen molar-refractivity contribution in [3.63, 3.8) is 0 Å². The first-order valence-electron chi connectivity index (χ1n) is 7.72. The molecule has 0 aliphatic carbocycles. The third kappa shape index (κ3) is 4.18. The molecule has 5 nitrogen and oxygen atoms in total. The highest BCUT2D eigenvalue weighted by Gasteiger charge is 2.21. The number of benzene rings is 2. The molecule has 0 saturated heterocycles. The number of primary amides is 1. The van der Waals surface area contributed by atoms with E-state index in [1.807, 2.05) is 42.5 Å². The molecule has 0 aliphatic heterocycles. The number of thioether (sulfide) groups is 1. The SMILES string of the molecule is Cc1cccc(Nc2nnc(SC(C(N)=O)c3ccccc3)s2)c1C. The van der Waals surface area contributed by atoms with E-state index >= 15 is 0 Å². The molecule has 0 radical (unpaired) electrons. The van der Waals surface area contributed by atoms with Crippen LogP contribution in [0.25, 0.3) is 0 Å². The number of hydrogen-bond acceptors (Lipinski definition) is 6. The molecule has 1 aromatic heterocycles. The second kappa shape index (κ2) is 7.67. The van der Waals surface area contributed by atoms with Crippen molar-refractivity contribution in [2.45, 2.75) is 23.4 Å². The van der Waals surface area contributed by atoms with Crippen molar-refractivity contribution in [1.82, 2.24) is 10.2 Å². The second-order valence-electron chi connectivity index (χ2n) is 5.56. The Balaban J connectivity index is 1.77. The molecule has 1 heterocycles. The van der Waals surface area contributed by atoms with E-state index in [1.165, 1.54) is 34.2 Å². The molecule has 128 valence electrons. The molecule has 3 aromatic rings. The molecule has 1 atom stereocenters. The number of aryl methyl sites for hydroxylation is 1. The molecule has 0 bridgehead atoms. The summed E-state index contributed by atoms with van der Waals surface area (Å²) in [6, 6.07) is 15.5. The molecular weight excluding hydrogens is 352 g/mol. The van der Waals surface area contributed by atoms with Gasteiger partial charge in [-0.05, 0) is 36.6 Å². The van der Waals surface area contributed by atoms with E-state index in [-0.39, 0.29) is 0 Å². The van der Waals surface area contributed by atoms with Gasteiger partial charge in [-0.25, -0.2) is 0 Å². The number of hydrogen-bond donors (Lipinski definition) is 2. The zero-order chi connectivity index (χ0) is 17.8. The van der Waals surface area contributed by atoms with Crippen molar-refractivity contribution in [3.8, 4) is 0 Å². The minimum absolute atomic E-state index is 0.393. The van der Waals surface area contributed by atoms with Gasteiger partial charge >= 0.3 is 0 Å². The summed E-state index contributed by atoms with van der Waals surface area (Å²) in [6.45, 7) is 4.13. The minimum atomic E-state index is -0.484. The number of carbonyl (C=O) groups is 1. The maximum absolute atomic E-state index is 11.8. The van der Waals surface area contributed by atoms with Gasteiger partial charge in [0.15, 0.2) is 4.34 Å². The third-order valence-corrected chi connectivity index (χ3v) is 6.03. The highest BCUT2D eigenvalue weighted by molar-refractivity contribution is 8.01. The molecule has 7 heteroatoms. The largest absolute Gasteiger partial charge is 0.368 e. The number of anilines is 2. The van der Waals surface area contributed by atoms with Crippen LogP contribution in [0.1, 0.15) is 21.9 Å². The number of aromatic nitrogens is 2. The summed E-state index contributed by atoms with van der Waals surface area (Å²) in [7, 11) is 0. The van der Waals surface area contributed by atoms with Crippen molar-refractivity contribution in [2.24, 2.45) is 5.73 Å². The van der Waals surface area contributed by atoms with Crippen LogP contribution in [0.5, 0.6) is 0 Å². The fourth-order valence-corrected chi connectivity index (χ4v) is 4.24. The number of amides is 1. The zero-order valence-corrected chi connectivity index (χ0v) is 15.5. The van der Waals surface area contributed by atoms with Crippen molar-refractivity contribution in [2.75, 3.05) is 5.32 Å². The topological polar surface area (TPSA) is 80.9 Å². The Bertz CT molecular complexity index is 880. The summed E-state index contributed by atoms with van der Waals surface area (Å²) in [5.41, 5.74) is 9.81. The Morgan fingerprint density at radius 1 is 1.12 bits per heavy atom. The molecule has 0 fully saturated rings. The van der Waals surface area contributed by atoms with Crippen LogP contribution in [0.3, 0.4) is 0 Å². The van der Waals surface area contributed by atoms with E-state index in [9.17, 15) is 4.79 Å². The fourth-order valence-electron chi connectivity index (χ4n) is 2.33. The number of rotatable bonds is 6. The van der Waals surface area contributed by atoms with Crippen LogP contribution in [-0.2, 0) is 4.79 Å². The summed E-state index contributed by atoms with van der Waals surface area (Å²) in [6.07, 6.45) is 0. The van der Waals surface area contributed by atoms with Crippen molar-refractivity contribution < 1.29 is 4.79 Å². The van der Waals surface area contributed by atoms with E-state index < -0.39 is 11.2 Å². The Morgan fingerprint density at radius 3 is 2.60 bits per heavy atom. The molecule has 0 saturated carbocycles. The minimum Gasteiger partial charge on any atom is -0.368 e. The third-order valence-electron chi connectivity index (χ3n) is 3.83. The van der Waals surface area contributed by atoms with Gasteiger partial charge in [-0.1, -0.05) is 65.6 Å². The van der Waals surface area contributed by atoms with Gasteiger partial charge in [0, 0.05) is 5.69 Å². The van der Waals surface area contributed by atoms with Crippen LogP contribution in [0.4, 0.5) is 10.8 Å². The quantitative estimate of drug-likeness (QED) is 0.635. The lowest BCUT2D eigenvalue weighted by atomic mass is 10.1. The Kier molecular flexibility index (Phi) is 5.35. The number of carbonyl (C=O) groups excluding carboxylic acids is 1. The summed E-state index contributed by atoms with van der Waals surface area (Å²) in [5.74, 6) is -0.393. The zero-order valence-electron chi connectivity index (χ0n) is 13.9. The summed E-state index contributed by atoms with van der Waals surface area (Å²) in [5, 5.41) is 11.8. The lowest BCUT2D eigenvalue weighted by Crippen LogP contribution is -2.18. The van der Waals surface area contributed by atoms with Crippen LogP contribution in [0, 0.1) is 13.8 Å². The first-order valence-corrected chi connectivity index (χ1v) is 9.42. The first kappa shape index (κ1) is 17.4. The average Bonchev–Trinajstić information content (AvgIpc) is 3.04. The van der Waals surface area contributed by atoms with Gasteiger partial charge < -0.3 is 11.1 Å². The molecule has 3 N–H and O–H groups in total. The van der Waals surface area contributed by atoms with Crippen LogP contribution in [0.2, 0.25) is 0 Å². The highest BCUT2D eigenvalue weighted by Crippen LogP contribution is 2.38. The normalized spacial score (nSPS) is 11.9. The van der Waals surface area contributed by atoms with Gasteiger partial charge in [-0.2, -0.15) is 0 Å². The predicted molar refractivity (Wildman–Crippen MR) is 103 cm³/mol. The lowest BCUT2D eigenvalue weighted by molar-refractivity contribution is -0.117. The predicted octanol–water partition coefficient (Wildman–Crippen LogP) is 4.22. The average molecular weight is 371 g/mol.